The van der Waals surface area contributed by atoms with Crippen molar-refractivity contribution in [1.82, 2.24) is 0 Å². The van der Waals surface area contributed by atoms with E-state index in [0.29, 0.717) is 58.3 Å². The first-order valence-corrected chi connectivity index (χ1v) is 19.7. The number of methoxy groups -OCH3 is 1. The topological polar surface area (TPSA) is 122 Å². The van der Waals surface area contributed by atoms with Crippen LogP contribution in [0.3, 0.4) is 0 Å². The van der Waals surface area contributed by atoms with Gasteiger partial charge in [-0.1, -0.05) is 49.7 Å². The zero-order chi connectivity index (χ0) is 39.9. The molecule has 5 aromatic rings. The van der Waals surface area contributed by atoms with E-state index < -0.39 is 0 Å². The van der Waals surface area contributed by atoms with Gasteiger partial charge in [0.15, 0.2) is 11.5 Å². The number of benzene rings is 5. The highest BCUT2D eigenvalue weighted by Gasteiger charge is 2.38. The summed E-state index contributed by atoms with van der Waals surface area (Å²) in [6.07, 6.45) is 7.21. The third-order valence-electron chi connectivity index (χ3n) is 11.2. The second-order valence-corrected chi connectivity index (χ2v) is 15.1. The lowest BCUT2D eigenvalue weighted by Gasteiger charge is -2.22. The summed E-state index contributed by atoms with van der Waals surface area (Å²) < 4.78 is 18.5. The number of fused-ring (bicyclic) bond motifs is 8. The van der Waals surface area contributed by atoms with Crippen LogP contribution in [0.25, 0.3) is 0 Å². The Balaban J connectivity index is 0.958. The lowest BCUT2D eigenvalue weighted by atomic mass is 10.1. The maximum absolute atomic E-state index is 13.9. The molecule has 0 unspecified atom stereocenters. The molecule has 3 amide bonds. The van der Waals surface area contributed by atoms with Crippen LogP contribution in [0.5, 0.6) is 17.2 Å². The molecule has 11 nitrogen and oxygen atoms in total. The highest BCUT2D eigenvalue weighted by atomic mass is 16.5. The molecule has 0 saturated heterocycles. The first-order valence-electron chi connectivity index (χ1n) is 19.7. The quantitative estimate of drug-likeness (QED) is 0.143. The van der Waals surface area contributed by atoms with Gasteiger partial charge in [0.1, 0.15) is 19.0 Å². The summed E-state index contributed by atoms with van der Waals surface area (Å²) in [4.78, 5) is 53.8. The number of aliphatic imine (C=N–C) groups is 2. The third kappa shape index (κ3) is 6.86. The number of nitrogens with one attached hydrogen (secondary N) is 1. The standard InChI is InChI=1S/C47H43N5O6/c1-4-5-14-45(53)50-33-17-29(26-57-42-22-38-36(15-28(42)2)46(54)51-34(24-48-38)19-31-10-6-8-12-40(31)51)16-30(18-33)27-58-44-23-39-37(21-43(44)56-3)47(55)52-35(25-49-39)20-32-11-7-9-13-41(32)52/h6-13,15-18,21-25,34-35H,4-5,14,19-20,26-27H2,1-3H3,(H,50,53)/t34-,35-/m0/s1. The van der Waals surface area contributed by atoms with Gasteiger partial charge in [-0.25, -0.2) is 0 Å². The van der Waals surface area contributed by atoms with Crippen molar-refractivity contribution in [2.24, 2.45) is 9.98 Å². The van der Waals surface area contributed by atoms with Gasteiger partial charge in [-0.2, -0.15) is 0 Å². The van der Waals surface area contributed by atoms with Gasteiger partial charge in [0.25, 0.3) is 11.8 Å². The van der Waals surface area contributed by atoms with E-state index in [1.54, 1.807) is 24.1 Å². The molecule has 5 aromatic carbocycles. The Morgan fingerprint density at radius 1 is 0.724 bits per heavy atom. The summed E-state index contributed by atoms with van der Waals surface area (Å²) in [5.74, 6) is 1.16. The van der Waals surface area contributed by atoms with Crippen LogP contribution in [0.4, 0.5) is 28.4 Å². The fourth-order valence-corrected chi connectivity index (χ4v) is 8.27. The Morgan fingerprint density at radius 2 is 1.28 bits per heavy atom. The van der Waals surface area contributed by atoms with E-state index >= 15 is 0 Å². The minimum absolute atomic E-state index is 0.0721. The number of unbranched alkanes of at least 4 members (excludes halogenated alkanes) is 1. The van der Waals surface area contributed by atoms with Gasteiger partial charge in [-0.15, -0.1) is 0 Å². The fraction of sp³-hybridized carbons (Fsp3) is 0.255. The molecule has 0 saturated carbocycles. The molecule has 0 aliphatic carbocycles. The molecule has 4 aliphatic heterocycles. The van der Waals surface area contributed by atoms with Crippen molar-refractivity contribution in [2.45, 2.75) is 71.2 Å². The molecule has 4 heterocycles. The van der Waals surface area contributed by atoms with Gasteiger partial charge in [-0.05, 0) is 83.6 Å². The minimum atomic E-state index is -0.177. The summed E-state index contributed by atoms with van der Waals surface area (Å²) in [5, 5.41) is 3.05. The largest absolute Gasteiger partial charge is 0.493 e. The fourth-order valence-electron chi connectivity index (χ4n) is 8.27. The van der Waals surface area contributed by atoms with Crippen LogP contribution >= 0.6 is 0 Å². The Morgan fingerprint density at radius 3 is 1.86 bits per heavy atom. The number of para-hydroxylation sites is 2. The smallest absolute Gasteiger partial charge is 0.261 e. The molecule has 0 fully saturated rings. The van der Waals surface area contributed by atoms with Crippen molar-refractivity contribution >= 4 is 58.6 Å². The molecule has 4 aliphatic rings. The summed E-state index contributed by atoms with van der Waals surface area (Å²) in [6.45, 7) is 4.29. The van der Waals surface area contributed by atoms with Crippen LogP contribution in [-0.4, -0.2) is 49.3 Å². The average molecular weight is 774 g/mol. The zero-order valence-electron chi connectivity index (χ0n) is 32.7. The minimum Gasteiger partial charge on any atom is -0.493 e. The molecular weight excluding hydrogens is 731 g/mol. The first-order chi connectivity index (χ1) is 28.3. The third-order valence-corrected chi connectivity index (χ3v) is 11.2. The molecule has 0 bridgehead atoms. The average Bonchev–Trinajstić information content (AvgIpc) is 3.72. The van der Waals surface area contributed by atoms with Crippen molar-refractivity contribution < 1.29 is 28.6 Å². The van der Waals surface area contributed by atoms with E-state index in [-0.39, 0.29) is 43.0 Å². The molecule has 1 N–H and O–H groups in total. The maximum Gasteiger partial charge on any atom is 0.261 e. The summed E-state index contributed by atoms with van der Waals surface area (Å²) >= 11 is 0. The Labute approximate surface area is 337 Å². The monoisotopic (exact) mass is 773 g/mol. The molecule has 11 heteroatoms. The van der Waals surface area contributed by atoms with Gasteiger partial charge < -0.3 is 19.5 Å². The van der Waals surface area contributed by atoms with E-state index in [0.717, 1.165) is 58.5 Å². The summed E-state index contributed by atoms with van der Waals surface area (Å²) in [7, 11) is 1.54. The number of carbonyl (C=O) groups excluding carboxylic acids is 3. The molecule has 58 heavy (non-hydrogen) atoms. The van der Waals surface area contributed by atoms with Crippen LogP contribution in [-0.2, 0) is 30.8 Å². The second kappa shape index (κ2) is 15.3. The van der Waals surface area contributed by atoms with E-state index in [2.05, 4.69) is 18.3 Å². The van der Waals surface area contributed by atoms with Gasteiger partial charge in [-0.3, -0.25) is 34.2 Å². The van der Waals surface area contributed by atoms with E-state index in [1.807, 2.05) is 97.0 Å². The number of ether oxygens (including phenoxy) is 3. The van der Waals surface area contributed by atoms with E-state index in [4.69, 9.17) is 24.2 Å². The number of anilines is 3. The van der Waals surface area contributed by atoms with E-state index in [9.17, 15) is 14.4 Å². The molecular formula is C47H43N5O6. The molecule has 2 atom stereocenters. The number of amides is 3. The normalized spacial score (nSPS) is 17.0. The van der Waals surface area contributed by atoms with Crippen LogP contribution in [0.1, 0.15) is 74.7 Å². The number of carbonyl (C=O) groups is 3. The van der Waals surface area contributed by atoms with E-state index in [1.165, 1.54) is 0 Å². The number of aryl methyl sites for hydroxylation is 1. The maximum atomic E-state index is 13.9. The summed E-state index contributed by atoms with van der Waals surface area (Å²) in [5.41, 5.74) is 9.13. The first kappa shape index (κ1) is 36.9. The Bertz CT molecular complexity index is 2550. The number of hydrogen-bond donors (Lipinski definition) is 1. The van der Waals surface area contributed by atoms with Gasteiger partial charge >= 0.3 is 0 Å². The van der Waals surface area contributed by atoms with Gasteiger partial charge in [0.2, 0.25) is 5.91 Å². The van der Waals surface area contributed by atoms with Crippen molar-refractivity contribution in [3.05, 3.63) is 130 Å². The molecule has 0 spiro atoms. The lowest BCUT2D eigenvalue weighted by Crippen LogP contribution is -2.37. The Hall–Kier alpha value is -6.75. The zero-order valence-corrected chi connectivity index (χ0v) is 32.7. The number of nitrogens with zero attached hydrogens (tertiary/aromatic N) is 4. The van der Waals surface area contributed by atoms with Crippen LogP contribution in [0.15, 0.2) is 101 Å². The van der Waals surface area contributed by atoms with Crippen LogP contribution < -0.4 is 29.3 Å². The second-order valence-electron chi connectivity index (χ2n) is 15.1. The number of hydrogen-bond acceptors (Lipinski definition) is 8. The predicted molar refractivity (Wildman–Crippen MR) is 225 cm³/mol. The van der Waals surface area contributed by atoms with Crippen molar-refractivity contribution in [3.8, 4) is 17.2 Å². The van der Waals surface area contributed by atoms with Crippen molar-refractivity contribution in [3.63, 3.8) is 0 Å². The van der Waals surface area contributed by atoms with Gasteiger partial charge in [0, 0.05) is 60.9 Å². The van der Waals surface area contributed by atoms with Gasteiger partial charge in [0.05, 0.1) is 41.7 Å². The summed E-state index contributed by atoms with van der Waals surface area (Å²) in [6, 6.07) is 28.5. The molecule has 292 valence electrons. The lowest BCUT2D eigenvalue weighted by molar-refractivity contribution is -0.116. The van der Waals surface area contributed by atoms with Crippen molar-refractivity contribution in [2.75, 3.05) is 22.2 Å². The van der Waals surface area contributed by atoms with Crippen molar-refractivity contribution in [1.29, 1.82) is 0 Å². The van der Waals surface area contributed by atoms with Crippen LogP contribution in [0.2, 0.25) is 0 Å². The highest BCUT2D eigenvalue weighted by molar-refractivity contribution is 6.15. The van der Waals surface area contributed by atoms with Crippen LogP contribution in [0, 0.1) is 6.92 Å². The highest BCUT2D eigenvalue weighted by Crippen LogP contribution is 2.42. The Kier molecular flexibility index (Phi) is 9.73. The molecule has 0 radical (unpaired) electrons. The SMILES string of the molecule is CCCCC(=O)Nc1cc(COc2cc3c(cc2C)C(=O)N2c4ccccc4C[C@H]2C=N3)cc(COc2cc3c(cc2OC)C(=O)N2c4ccccc4C[C@H]2C=N3)c1. The molecule has 9 rings (SSSR count). The number of rotatable bonds is 11. The predicted octanol–water partition coefficient (Wildman–Crippen LogP) is 8.87. The molecule has 0 aromatic heterocycles.